The van der Waals surface area contributed by atoms with Crippen molar-refractivity contribution in [2.24, 2.45) is 0 Å². The van der Waals surface area contributed by atoms with E-state index >= 15 is 0 Å². The molecule has 1 amide bonds. The molecule has 0 radical (unpaired) electrons. The molecule has 0 aromatic carbocycles. The van der Waals surface area contributed by atoms with Crippen LogP contribution in [0.25, 0.3) is 6.08 Å². The summed E-state index contributed by atoms with van der Waals surface area (Å²) in [4.78, 5) is 24.3. The molecule has 18 heavy (non-hydrogen) atoms. The van der Waals surface area contributed by atoms with Gasteiger partial charge in [-0.05, 0) is 0 Å². The highest BCUT2D eigenvalue weighted by atomic mass is 35.5. The maximum atomic E-state index is 10.7. The van der Waals surface area contributed by atoms with Gasteiger partial charge in [-0.3, -0.25) is 14.9 Å². The highest BCUT2D eigenvalue weighted by Gasteiger charge is 2.15. The molecule has 1 rings (SSSR count). The van der Waals surface area contributed by atoms with Gasteiger partial charge in [0.15, 0.2) is 0 Å². The van der Waals surface area contributed by atoms with E-state index < -0.39 is 4.92 Å². The number of halogens is 1. The van der Waals surface area contributed by atoms with E-state index in [1.54, 1.807) is 6.08 Å². The van der Waals surface area contributed by atoms with Crippen LogP contribution in [-0.4, -0.2) is 22.4 Å². The number of nitro groups is 1. The standard InChI is InChI=1S/C10H11ClN4O3/c1-6(16)13-4-2-3-7-5-8(15(17)18)10(12)14-9(7)11/h2-3,5H,4H2,1H3,(H2,12,14)(H,13,16). The molecule has 0 aliphatic carbocycles. The minimum absolute atomic E-state index is 0.0668. The first kappa shape index (κ1) is 13.9. The van der Waals surface area contributed by atoms with Gasteiger partial charge in [0.05, 0.1) is 4.92 Å². The average Bonchev–Trinajstić information content (AvgIpc) is 2.25. The second-order valence-corrected chi connectivity index (χ2v) is 3.73. The van der Waals surface area contributed by atoms with Crippen LogP contribution >= 0.6 is 11.6 Å². The number of rotatable bonds is 4. The van der Waals surface area contributed by atoms with E-state index in [0.29, 0.717) is 12.1 Å². The van der Waals surface area contributed by atoms with Crippen LogP contribution in [0.5, 0.6) is 0 Å². The van der Waals surface area contributed by atoms with Crippen LogP contribution in [0.1, 0.15) is 12.5 Å². The fourth-order valence-corrected chi connectivity index (χ4v) is 1.37. The predicted octanol–water partition coefficient (Wildman–Crippen LogP) is 1.37. The molecule has 0 spiro atoms. The molecular formula is C10H11ClN4O3. The number of nitrogens with zero attached hydrogens (tertiary/aromatic N) is 2. The molecule has 0 atom stereocenters. The van der Waals surface area contributed by atoms with Gasteiger partial charge in [-0.2, -0.15) is 0 Å². The number of nitrogens with one attached hydrogen (secondary N) is 1. The molecule has 1 heterocycles. The first-order valence-electron chi connectivity index (χ1n) is 4.93. The maximum Gasteiger partial charge on any atom is 0.311 e. The third-order valence-electron chi connectivity index (χ3n) is 1.97. The molecule has 0 saturated heterocycles. The van der Waals surface area contributed by atoms with Gasteiger partial charge in [0, 0.05) is 25.1 Å². The third kappa shape index (κ3) is 3.70. The number of pyridine rings is 1. The Balaban J connectivity index is 2.92. The second-order valence-electron chi connectivity index (χ2n) is 3.37. The molecule has 0 bridgehead atoms. The summed E-state index contributed by atoms with van der Waals surface area (Å²) in [6.07, 6.45) is 3.13. The Morgan fingerprint density at radius 1 is 1.72 bits per heavy atom. The van der Waals surface area contributed by atoms with E-state index in [9.17, 15) is 14.9 Å². The van der Waals surface area contributed by atoms with Gasteiger partial charge >= 0.3 is 5.69 Å². The van der Waals surface area contributed by atoms with Crippen molar-refractivity contribution >= 4 is 35.1 Å². The molecule has 1 aromatic heterocycles. The summed E-state index contributed by atoms with van der Waals surface area (Å²) in [7, 11) is 0. The van der Waals surface area contributed by atoms with Crippen molar-refractivity contribution in [1.82, 2.24) is 10.3 Å². The lowest BCUT2D eigenvalue weighted by atomic mass is 10.2. The summed E-state index contributed by atoms with van der Waals surface area (Å²) in [5.41, 5.74) is 5.42. The van der Waals surface area contributed by atoms with Crippen molar-refractivity contribution in [2.75, 3.05) is 12.3 Å². The van der Waals surface area contributed by atoms with Gasteiger partial charge in [0.25, 0.3) is 0 Å². The molecule has 0 aliphatic heterocycles. The van der Waals surface area contributed by atoms with Crippen molar-refractivity contribution in [2.45, 2.75) is 6.92 Å². The number of nitrogen functional groups attached to an aromatic ring is 1. The predicted molar refractivity (Wildman–Crippen MR) is 68.0 cm³/mol. The van der Waals surface area contributed by atoms with Crippen LogP contribution in [0.15, 0.2) is 12.1 Å². The summed E-state index contributed by atoms with van der Waals surface area (Å²) in [6, 6.07) is 1.23. The van der Waals surface area contributed by atoms with Crippen LogP contribution < -0.4 is 11.1 Å². The Labute approximate surface area is 108 Å². The Kier molecular flexibility index (Phi) is 4.61. The van der Waals surface area contributed by atoms with E-state index in [1.807, 2.05) is 0 Å². The van der Waals surface area contributed by atoms with Crippen molar-refractivity contribution in [3.8, 4) is 0 Å². The molecule has 1 aromatic rings. The Morgan fingerprint density at radius 3 is 2.94 bits per heavy atom. The number of amides is 1. The van der Waals surface area contributed by atoms with Crippen LogP contribution in [-0.2, 0) is 4.79 Å². The number of aromatic nitrogens is 1. The lowest BCUT2D eigenvalue weighted by Gasteiger charge is -2.01. The van der Waals surface area contributed by atoms with Gasteiger partial charge in [0.1, 0.15) is 5.15 Å². The molecule has 8 heteroatoms. The number of hydrogen-bond acceptors (Lipinski definition) is 5. The molecule has 96 valence electrons. The SMILES string of the molecule is CC(=O)NCC=Cc1cc([N+](=O)[O-])c(N)nc1Cl. The molecule has 0 unspecified atom stereocenters. The van der Waals surface area contributed by atoms with Crippen LogP contribution in [0.4, 0.5) is 11.5 Å². The number of anilines is 1. The first-order chi connectivity index (χ1) is 8.41. The summed E-state index contributed by atoms with van der Waals surface area (Å²) in [5, 5.41) is 13.3. The van der Waals surface area contributed by atoms with Gasteiger partial charge in [0.2, 0.25) is 11.7 Å². The lowest BCUT2D eigenvalue weighted by molar-refractivity contribution is -0.384. The third-order valence-corrected chi connectivity index (χ3v) is 2.28. The normalized spacial score (nSPS) is 10.6. The highest BCUT2D eigenvalue weighted by Crippen LogP contribution is 2.26. The van der Waals surface area contributed by atoms with E-state index in [2.05, 4.69) is 10.3 Å². The Bertz CT molecular complexity index is 516. The van der Waals surface area contributed by atoms with E-state index in [1.165, 1.54) is 19.1 Å². The van der Waals surface area contributed by atoms with Gasteiger partial charge in [-0.25, -0.2) is 4.98 Å². The maximum absolute atomic E-state index is 10.7. The number of nitrogens with two attached hydrogens (primary N) is 1. The molecule has 7 nitrogen and oxygen atoms in total. The zero-order chi connectivity index (χ0) is 13.7. The highest BCUT2D eigenvalue weighted by molar-refractivity contribution is 6.31. The fourth-order valence-electron chi connectivity index (χ4n) is 1.16. The smallest absolute Gasteiger partial charge is 0.311 e. The Morgan fingerprint density at radius 2 is 2.39 bits per heavy atom. The topological polar surface area (TPSA) is 111 Å². The average molecular weight is 271 g/mol. The molecular weight excluding hydrogens is 260 g/mol. The van der Waals surface area contributed by atoms with E-state index in [0.717, 1.165) is 0 Å². The van der Waals surface area contributed by atoms with Crippen LogP contribution in [0.3, 0.4) is 0 Å². The van der Waals surface area contributed by atoms with Crippen molar-refractivity contribution < 1.29 is 9.72 Å². The summed E-state index contributed by atoms with van der Waals surface area (Å²) in [5.74, 6) is -0.406. The Hall–Kier alpha value is -2.15. The van der Waals surface area contributed by atoms with Crippen LogP contribution in [0.2, 0.25) is 5.15 Å². The second kappa shape index (κ2) is 5.97. The monoisotopic (exact) mass is 270 g/mol. The van der Waals surface area contributed by atoms with E-state index in [4.69, 9.17) is 17.3 Å². The van der Waals surface area contributed by atoms with Gasteiger partial charge < -0.3 is 11.1 Å². The van der Waals surface area contributed by atoms with Crippen molar-refractivity contribution in [3.63, 3.8) is 0 Å². The number of hydrogen-bond donors (Lipinski definition) is 2. The summed E-state index contributed by atoms with van der Waals surface area (Å²) in [6.45, 7) is 1.68. The summed E-state index contributed by atoms with van der Waals surface area (Å²) < 4.78 is 0. The number of carbonyl (C=O) groups is 1. The molecule has 3 N–H and O–H groups in total. The van der Waals surface area contributed by atoms with Crippen molar-refractivity contribution in [3.05, 3.63) is 33.0 Å². The molecule has 0 aliphatic rings. The van der Waals surface area contributed by atoms with E-state index in [-0.39, 0.29) is 22.6 Å². The molecule has 0 saturated carbocycles. The largest absolute Gasteiger partial charge is 0.378 e. The first-order valence-corrected chi connectivity index (χ1v) is 5.31. The van der Waals surface area contributed by atoms with Crippen molar-refractivity contribution in [1.29, 1.82) is 0 Å². The minimum atomic E-state index is -0.635. The molecule has 0 fully saturated rings. The fraction of sp³-hybridized carbons (Fsp3) is 0.200. The van der Waals surface area contributed by atoms with Gasteiger partial charge in [-0.1, -0.05) is 23.8 Å². The quantitative estimate of drug-likeness (QED) is 0.488. The zero-order valence-electron chi connectivity index (χ0n) is 9.51. The van der Waals surface area contributed by atoms with Gasteiger partial charge in [-0.15, -0.1) is 0 Å². The minimum Gasteiger partial charge on any atom is -0.378 e. The van der Waals surface area contributed by atoms with Crippen LogP contribution in [0, 0.1) is 10.1 Å². The summed E-state index contributed by atoms with van der Waals surface area (Å²) >= 11 is 5.80. The lowest BCUT2D eigenvalue weighted by Crippen LogP contribution is -2.19. The number of carbonyl (C=O) groups excluding carboxylic acids is 1. The zero-order valence-corrected chi connectivity index (χ0v) is 10.3.